The van der Waals surface area contributed by atoms with Crippen molar-refractivity contribution in [1.82, 2.24) is 0 Å². The van der Waals surface area contributed by atoms with Crippen LogP contribution in [0.15, 0.2) is 16.6 Å². The Morgan fingerprint density at radius 3 is 2.50 bits per heavy atom. The van der Waals surface area contributed by atoms with Gasteiger partial charge in [0.15, 0.2) is 0 Å². The first-order valence-corrected chi connectivity index (χ1v) is 6.87. The molecule has 1 saturated carbocycles. The largest absolute Gasteiger partial charge is 0.391 e. The molecule has 0 aliphatic heterocycles. The molecule has 1 aliphatic carbocycles. The Bertz CT molecular complexity index is 516. The smallest absolute Gasteiger partial charge is 0.385 e. The molecule has 7 heteroatoms. The molecule has 1 aromatic carbocycles. The second-order valence-electron chi connectivity index (χ2n) is 5.08. The Morgan fingerprint density at radius 1 is 1.25 bits per heavy atom. The van der Waals surface area contributed by atoms with Gasteiger partial charge in [0.2, 0.25) is 0 Å². The minimum absolute atomic E-state index is 0.0616. The van der Waals surface area contributed by atoms with Gasteiger partial charge in [0.25, 0.3) is 0 Å². The molecule has 2 unspecified atom stereocenters. The molecule has 0 amide bonds. The summed E-state index contributed by atoms with van der Waals surface area (Å²) in [7, 11) is 0. The van der Waals surface area contributed by atoms with Crippen molar-refractivity contribution < 1.29 is 27.1 Å². The van der Waals surface area contributed by atoms with E-state index in [4.69, 9.17) is 0 Å². The molecule has 0 heterocycles. The van der Waals surface area contributed by atoms with E-state index in [9.17, 15) is 27.1 Å². The molecule has 1 aliphatic rings. The number of hydrogen-bond donors (Lipinski definition) is 1. The van der Waals surface area contributed by atoms with Crippen molar-refractivity contribution in [2.75, 3.05) is 0 Å². The predicted molar refractivity (Wildman–Crippen MR) is 66.0 cm³/mol. The minimum Gasteiger partial charge on any atom is -0.385 e. The molecule has 0 bridgehead atoms. The quantitative estimate of drug-likeness (QED) is 0.571. The van der Waals surface area contributed by atoms with Gasteiger partial charge in [-0.2, -0.15) is 13.2 Å². The monoisotopic (exact) mass is 358 g/mol. The topological polar surface area (TPSA) is 20.2 Å². The molecule has 0 spiro atoms. The van der Waals surface area contributed by atoms with Crippen molar-refractivity contribution in [3.05, 3.63) is 33.8 Å². The van der Waals surface area contributed by atoms with Gasteiger partial charge >= 0.3 is 6.18 Å². The fourth-order valence-electron chi connectivity index (χ4n) is 2.71. The van der Waals surface area contributed by atoms with Gasteiger partial charge in [0.05, 0.1) is 21.6 Å². The zero-order valence-corrected chi connectivity index (χ0v) is 11.9. The first kappa shape index (κ1) is 15.7. The third-order valence-corrected chi connectivity index (χ3v) is 4.31. The number of rotatable bonds is 1. The van der Waals surface area contributed by atoms with E-state index in [0.717, 1.165) is 12.1 Å². The number of hydrogen-bond acceptors (Lipinski definition) is 1. The van der Waals surface area contributed by atoms with Crippen LogP contribution in [0.3, 0.4) is 0 Å². The van der Waals surface area contributed by atoms with Gasteiger partial charge in [-0.3, -0.25) is 0 Å². The SMILES string of the molecule is OC1(c2c(F)ccc(Br)c2F)CCCC(C(F)(F)F)C1. The van der Waals surface area contributed by atoms with Crippen LogP contribution in [-0.2, 0) is 5.60 Å². The first-order chi connectivity index (χ1) is 9.15. The lowest BCUT2D eigenvalue weighted by atomic mass is 9.74. The molecule has 0 aromatic heterocycles. The van der Waals surface area contributed by atoms with E-state index in [0.29, 0.717) is 0 Å². The Labute approximate surface area is 120 Å². The summed E-state index contributed by atoms with van der Waals surface area (Å²) in [5.74, 6) is -3.83. The van der Waals surface area contributed by atoms with Gasteiger partial charge in [-0.25, -0.2) is 8.78 Å². The predicted octanol–water partition coefficient (Wildman–Crippen LogP) is 4.67. The van der Waals surface area contributed by atoms with E-state index in [-0.39, 0.29) is 23.7 Å². The van der Waals surface area contributed by atoms with Crippen LogP contribution in [0, 0.1) is 17.6 Å². The van der Waals surface area contributed by atoms with Gasteiger partial charge in [-0.05, 0) is 53.7 Å². The van der Waals surface area contributed by atoms with Gasteiger partial charge in [0.1, 0.15) is 11.6 Å². The lowest BCUT2D eigenvalue weighted by molar-refractivity contribution is -0.202. The third-order valence-electron chi connectivity index (χ3n) is 3.70. The van der Waals surface area contributed by atoms with Crippen LogP contribution in [0.4, 0.5) is 22.0 Å². The molecular formula is C13H12BrF5O. The summed E-state index contributed by atoms with van der Waals surface area (Å²) >= 11 is 2.85. The van der Waals surface area contributed by atoms with Crippen LogP contribution in [0.2, 0.25) is 0 Å². The average Bonchev–Trinajstić information content (AvgIpc) is 2.33. The number of alkyl halides is 3. The molecule has 1 N–H and O–H groups in total. The minimum atomic E-state index is -4.48. The van der Waals surface area contributed by atoms with Crippen molar-refractivity contribution in [1.29, 1.82) is 0 Å². The van der Waals surface area contributed by atoms with Gasteiger partial charge in [-0.1, -0.05) is 0 Å². The van der Waals surface area contributed by atoms with Crippen molar-refractivity contribution in [3.63, 3.8) is 0 Å². The Hall–Kier alpha value is -0.690. The highest BCUT2D eigenvalue weighted by Crippen LogP contribution is 2.47. The molecule has 2 atom stereocenters. The summed E-state index contributed by atoms with van der Waals surface area (Å²) in [6.45, 7) is 0. The lowest BCUT2D eigenvalue weighted by Gasteiger charge is -2.38. The van der Waals surface area contributed by atoms with Gasteiger partial charge < -0.3 is 5.11 Å². The molecule has 2 rings (SSSR count). The van der Waals surface area contributed by atoms with E-state index in [1.165, 1.54) is 0 Å². The summed E-state index contributed by atoms with van der Waals surface area (Å²) in [5.41, 5.74) is -2.81. The summed E-state index contributed by atoms with van der Waals surface area (Å²) in [6, 6.07) is 2.04. The van der Waals surface area contributed by atoms with E-state index in [1.807, 2.05) is 0 Å². The summed E-state index contributed by atoms with van der Waals surface area (Å²) < 4.78 is 66.0. The zero-order chi connectivity index (χ0) is 15.1. The first-order valence-electron chi connectivity index (χ1n) is 6.08. The maximum absolute atomic E-state index is 14.0. The Morgan fingerprint density at radius 2 is 1.90 bits per heavy atom. The fourth-order valence-corrected chi connectivity index (χ4v) is 3.04. The zero-order valence-electron chi connectivity index (χ0n) is 10.3. The van der Waals surface area contributed by atoms with E-state index in [1.54, 1.807) is 0 Å². The summed E-state index contributed by atoms with van der Waals surface area (Å²) in [6.07, 6.45) is -5.37. The van der Waals surface area contributed by atoms with Crippen molar-refractivity contribution in [2.24, 2.45) is 5.92 Å². The molecule has 0 radical (unpaired) electrons. The van der Waals surface area contributed by atoms with Crippen LogP contribution in [-0.4, -0.2) is 11.3 Å². The average molecular weight is 359 g/mol. The van der Waals surface area contributed by atoms with Crippen LogP contribution in [0.5, 0.6) is 0 Å². The second-order valence-corrected chi connectivity index (χ2v) is 5.94. The number of aliphatic hydroxyl groups is 1. The Kier molecular flexibility index (Phi) is 4.12. The van der Waals surface area contributed by atoms with Crippen molar-refractivity contribution >= 4 is 15.9 Å². The number of halogens is 6. The van der Waals surface area contributed by atoms with Crippen LogP contribution >= 0.6 is 15.9 Å². The highest BCUT2D eigenvalue weighted by molar-refractivity contribution is 9.10. The summed E-state index contributed by atoms with van der Waals surface area (Å²) in [5, 5.41) is 10.4. The lowest BCUT2D eigenvalue weighted by Crippen LogP contribution is -2.39. The molecular weight excluding hydrogens is 347 g/mol. The fraction of sp³-hybridized carbons (Fsp3) is 0.538. The van der Waals surface area contributed by atoms with E-state index >= 15 is 0 Å². The maximum atomic E-state index is 14.0. The highest BCUT2D eigenvalue weighted by Gasteiger charge is 2.49. The molecule has 112 valence electrons. The molecule has 0 saturated heterocycles. The molecule has 1 nitrogen and oxygen atoms in total. The van der Waals surface area contributed by atoms with Crippen LogP contribution < -0.4 is 0 Å². The molecule has 1 fully saturated rings. The molecule has 20 heavy (non-hydrogen) atoms. The van der Waals surface area contributed by atoms with E-state index < -0.39 is 41.3 Å². The van der Waals surface area contributed by atoms with Crippen molar-refractivity contribution in [2.45, 2.75) is 37.5 Å². The van der Waals surface area contributed by atoms with Gasteiger partial charge in [0, 0.05) is 0 Å². The Balaban J connectivity index is 2.43. The highest BCUT2D eigenvalue weighted by atomic mass is 79.9. The third kappa shape index (κ3) is 2.83. The second kappa shape index (κ2) is 5.26. The van der Waals surface area contributed by atoms with Gasteiger partial charge in [-0.15, -0.1) is 0 Å². The normalized spacial score (nSPS) is 27.6. The van der Waals surface area contributed by atoms with Crippen LogP contribution in [0.25, 0.3) is 0 Å². The molecule has 1 aromatic rings. The maximum Gasteiger partial charge on any atom is 0.391 e. The van der Waals surface area contributed by atoms with E-state index in [2.05, 4.69) is 15.9 Å². The van der Waals surface area contributed by atoms with Crippen LogP contribution in [0.1, 0.15) is 31.2 Å². The summed E-state index contributed by atoms with van der Waals surface area (Å²) in [4.78, 5) is 0. The standard InChI is InChI=1S/C13H12BrF5O/c14-8-3-4-9(15)10(11(8)16)12(20)5-1-2-7(6-12)13(17,18)19/h3-4,7,20H,1-2,5-6H2. The number of benzene rings is 1. The van der Waals surface area contributed by atoms with Crippen molar-refractivity contribution in [3.8, 4) is 0 Å².